The molecule has 1 atom stereocenters. The van der Waals surface area contributed by atoms with Crippen LogP contribution in [0.4, 0.5) is 5.82 Å². The van der Waals surface area contributed by atoms with Gasteiger partial charge in [-0.15, -0.1) is 0 Å². The van der Waals surface area contributed by atoms with E-state index in [0.29, 0.717) is 11.9 Å². The molecule has 1 rings (SSSR count). The molecule has 1 aromatic rings. The molecular weight excluding hydrogens is 180 g/mol. The topological polar surface area (TPSA) is 62.2 Å². The summed E-state index contributed by atoms with van der Waals surface area (Å²) in [4.78, 5) is 14.6. The van der Waals surface area contributed by atoms with Crippen molar-refractivity contribution in [3.05, 3.63) is 23.9 Å². The number of hydrogen-bond donors (Lipinski definition) is 2. The van der Waals surface area contributed by atoms with Gasteiger partial charge in [0.1, 0.15) is 5.82 Å². The third-order valence-corrected chi connectivity index (χ3v) is 1.97. The van der Waals surface area contributed by atoms with Crippen LogP contribution in [0.25, 0.3) is 0 Å². The maximum absolute atomic E-state index is 10.6. The summed E-state index contributed by atoms with van der Waals surface area (Å²) in [5.74, 6) is -0.392. The summed E-state index contributed by atoms with van der Waals surface area (Å²) in [6.45, 7) is 4.08. The van der Waals surface area contributed by atoms with Crippen LogP contribution < -0.4 is 5.32 Å². The fourth-order valence-corrected chi connectivity index (χ4v) is 0.989. The Morgan fingerprint density at radius 3 is 2.93 bits per heavy atom. The minimum atomic E-state index is -1.00. The zero-order valence-corrected chi connectivity index (χ0v) is 8.32. The predicted octanol–water partition coefficient (Wildman–Crippen LogP) is 1.99. The predicted molar refractivity (Wildman–Crippen MR) is 54.6 cm³/mol. The zero-order valence-electron chi connectivity index (χ0n) is 8.32. The van der Waals surface area contributed by atoms with Gasteiger partial charge in [-0.1, -0.05) is 13.0 Å². The van der Waals surface area contributed by atoms with Gasteiger partial charge >= 0.3 is 5.97 Å². The lowest BCUT2D eigenvalue weighted by Gasteiger charge is -2.11. The molecule has 2 N–H and O–H groups in total. The van der Waals surface area contributed by atoms with Gasteiger partial charge in [-0.05, 0) is 25.5 Å². The number of hydrogen-bond acceptors (Lipinski definition) is 3. The summed E-state index contributed by atoms with van der Waals surface area (Å²) >= 11 is 0. The Balaban J connectivity index is 2.78. The van der Waals surface area contributed by atoms with Crippen LogP contribution in [0.1, 0.15) is 30.8 Å². The highest BCUT2D eigenvalue weighted by Crippen LogP contribution is 2.07. The first-order valence-electron chi connectivity index (χ1n) is 4.60. The van der Waals surface area contributed by atoms with Crippen molar-refractivity contribution < 1.29 is 9.90 Å². The number of rotatable bonds is 4. The van der Waals surface area contributed by atoms with Crippen molar-refractivity contribution >= 4 is 11.8 Å². The molecule has 14 heavy (non-hydrogen) atoms. The molecule has 0 fully saturated rings. The highest BCUT2D eigenvalue weighted by molar-refractivity contribution is 5.85. The van der Waals surface area contributed by atoms with Gasteiger partial charge in [0.05, 0.1) is 0 Å². The molecule has 1 unspecified atom stereocenters. The molecule has 4 nitrogen and oxygen atoms in total. The maximum Gasteiger partial charge on any atom is 0.354 e. The number of nitrogens with one attached hydrogen (secondary N) is 1. The van der Waals surface area contributed by atoms with Gasteiger partial charge in [-0.3, -0.25) is 0 Å². The van der Waals surface area contributed by atoms with Gasteiger partial charge in [0, 0.05) is 6.04 Å². The van der Waals surface area contributed by atoms with E-state index in [1.165, 1.54) is 6.07 Å². The van der Waals surface area contributed by atoms with Crippen LogP contribution in [0.3, 0.4) is 0 Å². The Labute approximate surface area is 83.0 Å². The molecule has 1 aromatic heterocycles. The number of nitrogens with zero attached hydrogens (tertiary/aromatic N) is 1. The standard InChI is InChI=1S/C10H14N2O2/c1-3-7(2)11-9-6-4-5-8(12-9)10(13)14/h4-7H,3H2,1-2H3,(H,11,12)(H,13,14). The molecule has 76 valence electrons. The van der Waals surface area contributed by atoms with E-state index in [2.05, 4.69) is 17.2 Å². The number of carbonyl (C=O) groups is 1. The number of aromatic carboxylic acids is 1. The first kappa shape index (κ1) is 10.5. The summed E-state index contributed by atoms with van der Waals surface area (Å²) in [7, 11) is 0. The molecular formula is C10H14N2O2. The molecule has 0 amide bonds. The molecule has 0 aliphatic carbocycles. The number of carboxylic acids is 1. The van der Waals surface area contributed by atoms with Crippen LogP contribution >= 0.6 is 0 Å². The molecule has 0 saturated heterocycles. The smallest absolute Gasteiger partial charge is 0.354 e. The average Bonchev–Trinajstić information content (AvgIpc) is 2.18. The van der Waals surface area contributed by atoms with Gasteiger partial charge in [0.15, 0.2) is 5.69 Å². The lowest BCUT2D eigenvalue weighted by atomic mass is 10.2. The average molecular weight is 194 g/mol. The zero-order chi connectivity index (χ0) is 10.6. The summed E-state index contributed by atoms with van der Waals surface area (Å²) in [6, 6.07) is 5.22. The Hall–Kier alpha value is -1.58. The Morgan fingerprint density at radius 2 is 2.36 bits per heavy atom. The molecule has 0 aliphatic heterocycles. The first-order valence-corrected chi connectivity index (χ1v) is 4.60. The monoisotopic (exact) mass is 194 g/mol. The largest absolute Gasteiger partial charge is 0.477 e. The minimum Gasteiger partial charge on any atom is -0.477 e. The van der Waals surface area contributed by atoms with E-state index in [1.54, 1.807) is 12.1 Å². The number of aromatic nitrogens is 1. The van der Waals surface area contributed by atoms with Crippen LogP contribution in [0.15, 0.2) is 18.2 Å². The van der Waals surface area contributed by atoms with Crippen LogP contribution in [-0.4, -0.2) is 22.1 Å². The molecule has 0 spiro atoms. The molecule has 0 radical (unpaired) electrons. The van der Waals surface area contributed by atoms with E-state index in [9.17, 15) is 4.79 Å². The summed E-state index contributed by atoms with van der Waals surface area (Å²) < 4.78 is 0. The highest BCUT2D eigenvalue weighted by atomic mass is 16.4. The SMILES string of the molecule is CCC(C)Nc1cccc(C(=O)O)n1. The fraction of sp³-hybridized carbons (Fsp3) is 0.400. The maximum atomic E-state index is 10.6. The lowest BCUT2D eigenvalue weighted by molar-refractivity contribution is 0.0690. The van der Waals surface area contributed by atoms with Crippen molar-refractivity contribution in [2.24, 2.45) is 0 Å². The quantitative estimate of drug-likeness (QED) is 0.769. The number of pyridine rings is 1. The van der Waals surface area contributed by atoms with E-state index in [4.69, 9.17) is 5.11 Å². The molecule has 0 saturated carbocycles. The Morgan fingerprint density at radius 1 is 1.64 bits per heavy atom. The number of anilines is 1. The van der Waals surface area contributed by atoms with Crippen LogP contribution in [0, 0.1) is 0 Å². The third kappa shape index (κ3) is 2.73. The van der Waals surface area contributed by atoms with Gasteiger partial charge in [0.2, 0.25) is 0 Å². The van der Waals surface area contributed by atoms with Crippen LogP contribution in [0.2, 0.25) is 0 Å². The summed E-state index contributed by atoms with van der Waals surface area (Å²) in [5.41, 5.74) is 0.0679. The van der Waals surface area contributed by atoms with E-state index in [1.807, 2.05) is 6.92 Å². The van der Waals surface area contributed by atoms with Crippen molar-refractivity contribution in [1.82, 2.24) is 4.98 Å². The van der Waals surface area contributed by atoms with Gasteiger partial charge in [-0.2, -0.15) is 0 Å². The molecule has 1 heterocycles. The normalized spacial score (nSPS) is 12.1. The molecule has 0 aromatic carbocycles. The van der Waals surface area contributed by atoms with Crippen molar-refractivity contribution in [3.8, 4) is 0 Å². The van der Waals surface area contributed by atoms with Crippen molar-refractivity contribution in [3.63, 3.8) is 0 Å². The number of carboxylic acid groups (broad SMARTS) is 1. The second-order valence-electron chi connectivity index (χ2n) is 3.17. The molecule has 4 heteroatoms. The summed E-state index contributed by atoms with van der Waals surface area (Å²) in [6.07, 6.45) is 0.971. The highest BCUT2D eigenvalue weighted by Gasteiger charge is 2.05. The van der Waals surface area contributed by atoms with E-state index >= 15 is 0 Å². The van der Waals surface area contributed by atoms with Crippen molar-refractivity contribution in [1.29, 1.82) is 0 Å². The third-order valence-electron chi connectivity index (χ3n) is 1.97. The van der Waals surface area contributed by atoms with Gasteiger partial charge in [0.25, 0.3) is 0 Å². The molecule has 0 aliphatic rings. The summed E-state index contributed by atoms with van der Waals surface area (Å²) in [5, 5.41) is 11.8. The van der Waals surface area contributed by atoms with Crippen LogP contribution in [0.5, 0.6) is 0 Å². The van der Waals surface area contributed by atoms with Gasteiger partial charge < -0.3 is 10.4 Å². The Bertz CT molecular complexity index is 326. The van der Waals surface area contributed by atoms with Crippen molar-refractivity contribution in [2.75, 3.05) is 5.32 Å². The second kappa shape index (κ2) is 4.60. The second-order valence-corrected chi connectivity index (χ2v) is 3.17. The van der Waals surface area contributed by atoms with Crippen molar-refractivity contribution in [2.45, 2.75) is 26.3 Å². The fourth-order valence-electron chi connectivity index (χ4n) is 0.989. The lowest BCUT2D eigenvalue weighted by Crippen LogP contribution is -2.15. The Kier molecular flexibility index (Phi) is 3.45. The minimum absolute atomic E-state index is 0.0679. The van der Waals surface area contributed by atoms with Gasteiger partial charge in [-0.25, -0.2) is 9.78 Å². The van der Waals surface area contributed by atoms with E-state index in [0.717, 1.165) is 6.42 Å². The van der Waals surface area contributed by atoms with E-state index in [-0.39, 0.29) is 5.69 Å². The van der Waals surface area contributed by atoms with E-state index < -0.39 is 5.97 Å². The first-order chi connectivity index (χ1) is 6.63. The molecule has 0 bridgehead atoms. The van der Waals surface area contributed by atoms with Crippen LogP contribution in [-0.2, 0) is 0 Å².